The fraction of sp³-hybridized carbons (Fsp3) is 0.650. The highest BCUT2D eigenvalue weighted by atomic mass is 32.2. The van der Waals surface area contributed by atoms with E-state index in [1.807, 2.05) is 6.07 Å². The number of aromatic nitrogens is 2. The lowest BCUT2D eigenvalue weighted by Crippen LogP contribution is -2.26. The van der Waals surface area contributed by atoms with Crippen molar-refractivity contribution >= 4 is 21.1 Å². The van der Waals surface area contributed by atoms with Gasteiger partial charge in [0.25, 0.3) is 10.0 Å². The van der Waals surface area contributed by atoms with Gasteiger partial charge in [0, 0.05) is 31.7 Å². The maximum Gasteiger partial charge on any atom is 0.265 e. The lowest BCUT2D eigenvalue weighted by atomic mass is 9.94. The van der Waals surface area contributed by atoms with Crippen LogP contribution in [0.25, 0.3) is 11.0 Å². The van der Waals surface area contributed by atoms with E-state index in [4.69, 9.17) is 14.6 Å². The first kappa shape index (κ1) is 19.8. The zero-order valence-corrected chi connectivity index (χ0v) is 17.7. The second-order valence-corrected chi connectivity index (χ2v) is 10.5. The lowest BCUT2D eigenvalue weighted by molar-refractivity contribution is -0.0284. The molecule has 2 saturated heterocycles. The molecule has 4 rings (SSSR count). The Morgan fingerprint density at radius 1 is 1.18 bits per heavy atom. The molecule has 2 fully saturated rings. The number of hydrogen-bond donors (Lipinski definition) is 0. The van der Waals surface area contributed by atoms with Crippen LogP contribution in [0.5, 0.6) is 0 Å². The summed E-state index contributed by atoms with van der Waals surface area (Å²) >= 11 is 0. The van der Waals surface area contributed by atoms with Gasteiger partial charge in [-0.05, 0) is 43.4 Å². The summed E-state index contributed by atoms with van der Waals surface area (Å²) in [5.41, 5.74) is 1.57. The SMILES string of the molecule is CC(C)(C)c1nc2cc(S(=O)(=O)N3CCCO3)ccc2n1CC1CCOCC1. The highest BCUT2D eigenvalue weighted by Gasteiger charge is 2.30. The molecule has 7 nitrogen and oxygen atoms in total. The van der Waals surface area contributed by atoms with Gasteiger partial charge in [0.1, 0.15) is 5.82 Å². The fourth-order valence-electron chi connectivity index (χ4n) is 3.95. The van der Waals surface area contributed by atoms with E-state index in [1.54, 1.807) is 12.1 Å². The van der Waals surface area contributed by atoms with Gasteiger partial charge in [0.05, 0.1) is 22.5 Å². The molecule has 0 spiro atoms. The van der Waals surface area contributed by atoms with E-state index in [-0.39, 0.29) is 10.3 Å². The van der Waals surface area contributed by atoms with Crippen molar-refractivity contribution in [3.63, 3.8) is 0 Å². The van der Waals surface area contributed by atoms with Crippen molar-refractivity contribution in [2.45, 2.75) is 56.9 Å². The largest absolute Gasteiger partial charge is 0.381 e. The minimum atomic E-state index is -3.65. The van der Waals surface area contributed by atoms with Crippen LogP contribution in [0, 0.1) is 5.92 Å². The van der Waals surface area contributed by atoms with E-state index >= 15 is 0 Å². The summed E-state index contributed by atoms with van der Waals surface area (Å²) in [7, 11) is -3.65. The minimum Gasteiger partial charge on any atom is -0.381 e. The molecule has 0 amide bonds. The summed E-state index contributed by atoms with van der Waals surface area (Å²) in [6.45, 7) is 9.76. The van der Waals surface area contributed by atoms with Gasteiger partial charge in [-0.2, -0.15) is 0 Å². The Hall–Kier alpha value is -1.48. The average molecular weight is 408 g/mol. The summed E-state index contributed by atoms with van der Waals surface area (Å²) in [4.78, 5) is 10.4. The third kappa shape index (κ3) is 3.70. The van der Waals surface area contributed by atoms with E-state index < -0.39 is 10.0 Å². The molecule has 154 valence electrons. The van der Waals surface area contributed by atoms with Crippen molar-refractivity contribution in [1.82, 2.24) is 14.0 Å². The molecular formula is C20H29N3O4S. The first-order valence-electron chi connectivity index (χ1n) is 10.0. The topological polar surface area (TPSA) is 73.7 Å². The van der Waals surface area contributed by atoms with Gasteiger partial charge >= 0.3 is 0 Å². The van der Waals surface area contributed by atoms with E-state index in [0.717, 1.165) is 60.3 Å². The molecule has 0 atom stereocenters. The molecule has 2 aliphatic heterocycles. The number of rotatable bonds is 4. The summed E-state index contributed by atoms with van der Waals surface area (Å²) in [5, 5.41) is 0. The van der Waals surface area contributed by atoms with Crippen LogP contribution in [0.1, 0.15) is 45.9 Å². The molecule has 2 aliphatic rings. The maximum absolute atomic E-state index is 12.8. The van der Waals surface area contributed by atoms with Crippen molar-refractivity contribution in [1.29, 1.82) is 0 Å². The highest BCUT2D eigenvalue weighted by molar-refractivity contribution is 7.89. The number of hydroxylamine groups is 1. The molecule has 0 unspecified atom stereocenters. The number of nitrogens with zero attached hydrogens (tertiary/aromatic N) is 3. The van der Waals surface area contributed by atoms with Crippen LogP contribution in [0.15, 0.2) is 23.1 Å². The van der Waals surface area contributed by atoms with Crippen molar-refractivity contribution in [3.05, 3.63) is 24.0 Å². The average Bonchev–Trinajstić information content (AvgIpc) is 3.31. The third-order valence-corrected chi connectivity index (χ3v) is 7.13. The number of benzene rings is 1. The predicted molar refractivity (Wildman–Crippen MR) is 106 cm³/mol. The fourth-order valence-corrected chi connectivity index (χ4v) is 5.26. The molecule has 2 aromatic rings. The van der Waals surface area contributed by atoms with Crippen LogP contribution in [0.4, 0.5) is 0 Å². The van der Waals surface area contributed by atoms with Crippen LogP contribution in [0.2, 0.25) is 0 Å². The van der Waals surface area contributed by atoms with E-state index in [2.05, 4.69) is 25.3 Å². The van der Waals surface area contributed by atoms with Crippen LogP contribution in [0.3, 0.4) is 0 Å². The van der Waals surface area contributed by atoms with E-state index in [9.17, 15) is 8.42 Å². The van der Waals surface area contributed by atoms with E-state index in [0.29, 0.717) is 19.1 Å². The zero-order chi connectivity index (χ0) is 19.9. The van der Waals surface area contributed by atoms with Gasteiger partial charge in [-0.3, -0.25) is 4.84 Å². The van der Waals surface area contributed by atoms with Crippen LogP contribution in [-0.4, -0.2) is 48.8 Å². The van der Waals surface area contributed by atoms with E-state index in [1.165, 1.54) is 0 Å². The quantitative estimate of drug-likeness (QED) is 0.779. The van der Waals surface area contributed by atoms with Crippen molar-refractivity contribution in [2.24, 2.45) is 5.92 Å². The zero-order valence-electron chi connectivity index (χ0n) is 16.8. The second kappa shape index (κ2) is 7.40. The molecule has 3 heterocycles. The first-order valence-corrected chi connectivity index (χ1v) is 11.4. The van der Waals surface area contributed by atoms with Gasteiger partial charge in [0.15, 0.2) is 0 Å². The van der Waals surface area contributed by atoms with Gasteiger partial charge in [0.2, 0.25) is 0 Å². The number of fused-ring (bicyclic) bond motifs is 1. The minimum absolute atomic E-state index is 0.138. The van der Waals surface area contributed by atoms with Crippen molar-refractivity contribution < 1.29 is 18.0 Å². The molecular weight excluding hydrogens is 378 g/mol. The Balaban J connectivity index is 1.75. The molecule has 28 heavy (non-hydrogen) atoms. The molecule has 0 saturated carbocycles. The number of hydrogen-bond acceptors (Lipinski definition) is 5. The maximum atomic E-state index is 12.8. The predicted octanol–water partition coefficient (Wildman–Crippen LogP) is 3.09. The number of sulfonamides is 1. The number of imidazole rings is 1. The van der Waals surface area contributed by atoms with Crippen LogP contribution < -0.4 is 0 Å². The lowest BCUT2D eigenvalue weighted by Gasteiger charge is -2.26. The normalized spacial score (nSPS) is 20.2. The molecule has 0 bridgehead atoms. The molecule has 0 aliphatic carbocycles. The third-order valence-electron chi connectivity index (χ3n) is 5.46. The van der Waals surface area contributed by atoms with Crippen molar-refractivity contribution in [2.75, 3.05) is 26.4 Å². The first-order chi connectivity index (χ1) is 13.3. The Bertz CT molecular complexity index is 950. The van der Waals surface area contributed by atoms with Gasteiger partial charge in [-0.25, -0.2) is 13.4 Å². The Morgan fingerprint density at radius 3 is 2.57 bits per heavy atom. The van der Waals surface area contributed by atoms with Gasteiger partial charge < -0.3 is 9.30 Å². The van der Waals surface area contributed by atoms with Crippen LogP contribution >= 0.6 is 0 Å². The van der Waals surface area contributed by atoms with Crippen molar-refractivity contribution in [3.8, 4) is 0 Å². The number of ether oxygens (including phenoxy) is 1. The summed E-state index contributed by atoms with van der Waals surface area (Å²) in [6.07, 6.45) is 2.80. The van der Waals surface area contributed by atoms with Crippen LogP contribution in [-0.2, 0) is 31.6 Å². The Labute approximate surface area is 166 Å². The van der Waals surface area contributed by atoms with Gasteiger partial charge in [-0.1, -0.05) is 25.2 Å². The second-order valence-electron chi connectivity index (χ2n) is 8.72. The molecule has 0 radical (unpaired) electrons. The van der Waals surface area contributed by atoms with Gasteiger partial charge in [-0.15, -0.1) is 0 Å². The molecule has 1 aromatic carbocycles. The smallest absolute Gasteiger partial charge is 0.265 e. The monoisotopic (exact) mass is 407 g/mol. The molecule has 0 N–H and O–H groups in total. The Morgan fingerprint density at radius 2 is 1.93 bits per heavy atom. The summed E-state index contributed by atoms with van der Waals surface area (Å²) < 4.78 is 34.5. The standard InChI is InChI=1S/C20H29N3O4S/c1-20(2,3)19-21-17-13-16(28(24,25)23-9-4-10-27-23)5-6-18(17)22(19)14-15-7-11-26-12-8-15/h5-6,13,15H,4,7-12,14H2,1-3H3. The Kier molecular flexibility index (Phi) is 5.24. The molecule has 8 heteroatoms. The summed E-state index contributed by atoms with van der Waals surface area (Å²) in [5.74, 6) is 1.54. The summed E-state index contributed by atoms with van der Waals surface area (Å²) in [6, 6.07) is 5.25. The highest BCUT2D eigenvalue weighted by Crippen LogP contribution is 2.31. The molecule has 1 aromatic heterocycles.